The highest BCUT2D eigenvalue weighted by Gasteiger charge is 2.19. The Morgan fingerprint density at radius 3 is 2.89 bits per heavy atom. The van der Waals surface area contributed by atoms with Crippen molar-refractivity contribution in [2.24, 2.45) is 0 Å². The average molecular weight is 268 g/mol. The van der Waals surface area contributed by atoms with Crippen molar-refractivity contribution in [3.05, 3.63) is 22.7 Å². The quantitative estimate of drug-likeness (QED) is 0.826. The lowest BCUT2D eigenvalue weighted by Crippen LogP contribution is -2.22. The molecular weight excluding hydrogens is 252 g/mol. The van der Waals surface area contributed by atoms with Crippen molar-refractivity contribution in [2.45, 2.75) is 26.4 Å². The van der Waals surface area contributed by atoms with Crippen molar-refractivity contribution in [1.82, 2.24) is 19.5 Å². The third-order valence-electron chi connectivity index (χ3n) is 2.78. The van der Waals surface area contributed by atoms with Crippen LogP contribution in [0.2, 0.25) is 0 Å². The van der Waals surface area contributed by atoms with E-state index in [1.165, 1.54) is 11.5 Å². The number of aromatic nitrogens is 3. The fraction of sp³-hybridized carbons (Fsp3) is 0.545. The molecule has 2 aromatic heterocycles. The highest BCUT2D eigenvalue weighted by Crippen LogP contribution is 2.24. The van der Waals surface area contributed by atoms with Crippen LogP contribution in [0.1, 0.15) is 30.3 Å². The molecule has 18 heavy (non-hydrogen) atoms. The zero-order chi connectivity index (χ0) is 13.1. The van der Waals surface area contributed by atoms with Gasteiger partial charge in [0.05, 0.1) is 13.2 Å². The van der Waals surface area contributed by atoms with E-state index in [2.05, 4.69) is 19.5 Å². The smallest absolute Gasteiger partial charge is 0.233 e. The van der Waals surface area contributed by atoms with Gasteiger partial charge in [0.25, 0.3) is 0 Å². The molecule has 2 aromatic rings. The summed E-state index contributed by atoms with van der Waals surface area (Å²) < 4.78 is 14.8. The Bertz CT molecular complexity index is 511. The van der Waals surface area contributed by atoms with Crippen LogP contribution in [0.25, 0.3) is 0 Å². The lowest BCUT2D eigenvalue weighted by Gasteiger charge is -2.21. The molecule has 0 spiro atoms. The maximum absolute atomic E-state index is 5.43. The van der Waals surface area contributed by atoms with Gasteiger partial charge in [-0.05, 0) is 25.5 Å². The Morgan fingerprint density at radius 2 is 2.28 bits per heavy atom. The summed E-state index contributed by atoms with van der Waals surface area (Å²) in [5, 5.41) is 9.87. The molecule has 6 nitrogen and oxygen atoms in total. The highest BCUT2D eigenvalue weighted by molar-refractivity contribution is 7.03. The van der Waals surface area contributed by atoms with Gasteiger partial charge in [-0.3, -0.25) is 4.90 Å². The van der Waals surface area contributed by atoms with Gasteiger partial charge in [-0.15, -0.1) is 10.2 Å². The fourth-order valence-electron chi connectivity index (χ4n) is 1.59. The first-order valence-corrected chi connectivity index (χ1v) is 6.43. The topological polar surface area (TPSA) is 64.3 Å². The zero-order valence-corrected chi connectivity index (χ0v) is 11.7. The van der Waals surface area contributed by atoms with Crippen LogP contribution < -0.4 is 4.74 Å². The first-order valence-electron chi connectivity index (χ1n) is 5.59. The molecule has 0 aromatic carbocycles. The SMILES string of the molecule is COc1nscc1CN(C)C(C)c1nnc(C)o1. The lowest BCUT2D eigenvalue weighted by atomic mass is 10.2. The van der Waals surface area contributed by atoms with Gasteiger partial charge < -0.3 is 9.15 Å². The number of ether oxygens (including phenoxy) is 1. The molecule has 2 heterocycles. The Hall–Kier alpha value is -1.47. The average Bonchev–Trinajstić information content (AvgIpc) is 2.96. The van der Waals surface area contributed by atoms with Crippen molar-refractivity contribution >= 4 is 11.5 Å². The molecule has 0 fully saturated rings. The fourth-order valence-corrected chi connectivity index (χ4v) is 2.24. The molecule has 0 bridgehead atoms. The first-order chi connectivity index (χ1) is 8.61. The largest absolute Gasteiger partial charge is 0.480 e. The van der Waals surface area contributed by atoms with E-state index in [1.54, 1.807) is 14.0 Å². The van der Waals surface area contributed by atoms with Gasteiger partial charge >= 0.3 is 0 Å². The van der Waals surface area contributed by atoms with Gasteiger partial charge in [0, 0.05) is 24.4 Å². The number of hydrogen-bond donors (Lipinski definition) is 0. The van der Waals surface area contributed by atoms with Crippen LogP contribution in [-0.4, -0.2) is 33.6 Å². The maximum atomic E-state index is 5.43. The summed E-state index contributed by atoms with van der Waals surface area (Å²) in [6, 6.07) is 0.0517. The van der Waals surface area contributed by atoms with Gasteiger partial charge in [-0.2, -0.15) is 4.37 Å². The third-order valence-corrected chi connectivity index (χ3v) is 3.44. The highest BCUT2D eigenvalue weighted by atomic mass is 32.1. The Kier molecular flexibility index (Phi) is 3.93. The second-order valence-electron chi connectivity index (χ2n) is 4.10. The number of methoxy groups -OCH3 is 1. The van der Waals surface area contributed by atoms with Crippen molar-refractivity contribution in [2.75, 3.05) is 14.2 Å². The predicted molar refractivity (Wildman–Crippen MR) is 67.6 cm³/mol. The van der Waals surface area contributed by atoms with Crippen LogP contribution in [0.5, 0.6) is 5.88 Å². The van der Waals surface area contributed by atoms with E-state index in [9.17, 15) is 0 Å². The maximum Gasteiger partial charge on any atom is 0.233 e. The minimum Gasteiger partial charge on any atom is -0.480 e. The van der Waals surface area contributed by atoms with Gasteiger partial charge in [-0.25, -0.2) is 0 Å². The van der Waals surface area contributed by atoms with E-state index >= 15 is 0 Å². The van der Waals surface area contributed by atoms with E-state index in [1.807, 2.05) is 19.4 Å². The van der Waals surface area contributed by atoms with E-state index in [4.69, 9.17) is 9.15 Å². The zero-order valence-electron chi connectivity index (χ0n) is 10.9. The van der Waals surface area contributed by atoms with E-state index in [-0.39, 0.29) is 6.04 Å². The van der Waals surface area contributed by atoms with E-state index in [0.29, 0.717) is 17.7 Å². The molecule has 0 aliphatic carbocycles. The molecule has 0 saturated heterocycles. The molecule has 7 heteroatoms. The van der Waals surface area contributed by atoms with E-state index < -0.39 is 0 Å². The number of rotatable bonds is 5. The molecule has 0 N–H and O–H groups in total. The van der Waals surface area contributed by atoms with Crippen LogP contribution in [0.3, 0.4) is 0 Å². The van der Waals surface area contributed by atoms with Crippen molar-refractivity contribution in [3.63, 3.8) is 0 Å². The summed E-state index contributed by atoms with van der Waals surface area (Å²) in [7, 11) is 3.63. The summed E-state index contributed by atoms with van der Waals surface area (Å²) in [5.74, 6) is 1.89. The monoisotopic (exact) mass is 268 g/mol. The van der Waals surface area contributed by atoms with Gasteiger partial charge in [0.2, 0.25) is 17.7 Å². The van der Waals surface area contributed by atoms with E-state index in [0.717, 1.165) is 12.1 Å². The Labute approximate surface area is 110 Å². The molecule has 98 valence electrons. The van der Waals surface area contributed by atoms with Crippen LogP contribution >= 0.6 is 11.5 Å². The molecule has 1 atom stereocenters. The normalized spacial score (nSPS) is 12.9. The molecule has 0 radical (unpaired) electrons. The van der Waals surface area contributed by atoms with Gasteiger partial charge in [-0.1, -0.05) is 0 Å². The second kappa shape index (κ2) is 5.45. The first kappa shape index (κ1) is 13.0. The molecular formula is C11H16N4O2S. The van der Waals surface area contributed by atoms with Crippen LogP contribution in [0.15, 0.2) is 9.80 Å². The summed E-state index contributed by atoms with van der Waals surface area (Å²) in [6.07, 6.45) is 0. The predicted octanol–water partition coefficient (Wildman–Crippen LogP) is 2.04. The number of aryl methyl sites for hydroxylation is 1. The third kappa shape index (κ3) is 2.68. The molecule has 0 aliphatic heterocycles. The molecule has 1 unspecified atom stereocenters. The van der Waals surface area contributed by atoms with Crippen molar-refractivity contribution in [3.8, 4) is 5.88 Å². The molecule has 0 aliphatic rings. The van der Waals surface area contributed by atoms with Crippen LogP contribution in [-0.2, 0) is 6.54 Å². The summed E-state index contributed by atoms with van der Waals surface area (Å²) >= 11 is 1.39. The standard InChI is InChI=1S/C11H16N4O2S/c1-7(10-13-12-8(2)17-10)15(3)5-9-6-18-14-11(9)16-4/h6-7H,5H2,1-4H3. The molecule has 0 saturated carbocycles. The summed E-state index contributed by atoms with van der Waals surface area (Å²) in [6.45, 7) is 4.54. The summed E-state index contributed by atoms with van der Waals surface area (Å²) in [5.41, 5.74) is 1.06. The minimum atomic E-state index is 0.0517. The van der Waals surface area contributed by atoms with Gasteiger partial charge in [0.1, 0.15) is 0 Å². The van der Waals surface area contributed by atoms with Crippen molar-refractivity contribution in [1.29, 1.82) is 0 Å². The molecule has 2 rings (SSSR count). The second-order valence-corrected chi connectivity index (χ2v) is 4.73. The minimum absolute atomic E-state index is 0.0517. The molecule has 0 amide bonds. The number of hydrogen-bond acceptors (Lipinski definition) is 7. The van der Waals surface area contributed by atoms with Crippen LogP contribution in [0.4, 0.5) is 0 Å². The Balaban J connectivity index is 2.05. The number of nitrogens with zero attached hydrogens (tertiary/aromatic N) is 4. The summed E-state index contributed by atoms with van der Waals surface area (Å²) in [4.78, 5) is 2.11. The van der Waals surface area contributed by atoms with Crippen molar-refractivity contribution < 1.29 is 9.15 Å². The lowest BCUT2D eigenvalue weighted by molar-refractivity contribution is 0.212. The van der Waals surface area contributed by atoms with Crippen LogP contribution in [0, 0.1) is 6.92 Å². The van der Waals surface area contributed by atoms with Gasteiger partial charge in [0.15, 0.2) is 0 Å². The Morgan fingerprint density at radius 1 is 1.50 bits per heavy atom.